The summed E-state index contributed by atoms with van der Waals surface area (Å²) < 4.78 is 0. The Morgan fingerprint density at radius 2 is 2.42 bits per heavy atom. The number of nitrogens with one attached hydrogen (secondary N) is 1. The average molecular weight is 166 g/mol. The maximum absolute atomic E-state index is 10.5. The molecule has 0 bridgehead atoms. The Hall–Kier alpha value is -1.51. The Balaban J connectivity index is 0.00000144. The first-order valence-electron chi connectivity index (χ1n) is 3.87. The summed E-state index contributed by atoms with van der Waals surface area (Å²) in [6.45, 7) is 2.06. The number of carbonyl (C=O) groups is 1. The Labute approximate surface area is 73.1 Å². The van der Waals surface area contributed by atoms with E-state index in [0.29, 0.717) is 0 Å². The molecule has 0 aliphatic carbocycles. The summed E-state index contributed by atoms with van der Waals surface area (Å²) in [6, 6.07) is 7.09. The van der Waals surface area contributed by atoms with Gasteiger partial charge in [0.1, 0.15) is 0 Å². The SMILES string of the molecule is CCc1cccc(NC(N)=O)c1.[HH]. The maximum Gasteiger partial charge on any atom is 0.316 e. The number of hydrogen-bond donors (Lipinski definition) is 2. The van der Waals surface area contributed by atoms with Crippen molar-refractivity contribution in [3.05, 3.63) is 29.8 Å². The van der Waals surface area contributed by atoms with Gasteiger partial charge in [0.15, 0.2) is 0 Å². The highest BCUT2D eigenvalue weighted by molar-refractivity contribution is 5.87. The standard InChI is InChI=1S/C9H12N2O.H2/c1-2-7-4-3-5-8(6-7)11-9(10)12;/h3-6H,2H2,1H3,(H3,10,11,12);1H. The van der Waals surface area contributed by atoms with Gasteiger partial charge in [-0.05, 0) is 24.1 Å². The van der Waals surface area contributed by atoms with E-state index in [1.165, 1.54) is 5.56 Å². The zero-order chi connectivity index (χ0) is 8.97. The third-order valence-electron chi connectivity index (χ3n) is 1.60. The van der Waals surface area contributed by atoms with Gasteiger partial charge < -0.3 is 11.1 Å². The molecule has 0 saturated carbocycles. The molecule has 12 heavy (non-hydrogen) atoms. The first kappa shape index (κ1) is 8.59. The van der Waals surface area contributed by atoms with E-state index in [4.69, 9.17) is 5.73 Å². The van der Waals surface area contributed by atoms with Crippen LogP contribution in [0, 0.1) is 0 Å². The molecular weight excluding hydrogens is 152 g/mol. The van der Waals surface area contributed by atoms with E-state index < -0.39 is 6.03 Å². The van der Waals surface area contributed by atoms with Crippen molar-refractivity contribution in [1.29, 1.82) is 0 Å². The normalized spacial score (nSPS) is 9.42. The van der Waals surface area contributed by atoms with Crippen molar-refractivity contribution < 1.29 is 6.22 Å². The van der Waals surface area contributed by atoms with Crippen LogP contribution < -0.4 is 11.1 Å². The fourth-order valence-corrected chi connectivity index (χ4v) is 1.01. The van der Waals surface area contributed by atoms with Crippen LogP contribution in [0.4, 0.5) is 10.5 Å². The maximum atomic E-state index is 10.5. The zero-order valence-corrected chi connectivity index (χ0v) is 7.00. The number of rotatable bonds is 2. The van der Waals surface area contributed by atoms with Gasteiger partial charge in [0, 0.05) is 7.11 Å². The number of urea groups is 1. The number of aryl methyl sites for hydroxylation is 1. The molecule has 1 aromatic rings. The molecule has 0 unspecified atom stereocenters. The predicted octanol–water partition coefficient (Wildman–Crippen LogP) is 1.99. The van der Waals surface area contributed by atoms with E-state index in [0.717, 1.165) is 12.1 Å². The van der Waals surface area contributed by atoms with Gasteiger partial charge in [0.05, 0.1) is 0 Å². The molecule has 3 heteroatoms. The largest absolute Gasteiger partial charge is 0.351 e. The molecule has 0 fully saturated rings. The van der Waals surface area contributed by atoms with Crippen molar-refractivity contribution >= 4 is 11.7 Å². The predicted molar refractivity (Wildman–Crippen MR) is 51.1 cm³/mol. The lowest BCUT2D eigenvalue weighted by Gasteiger charge is -2.02. The van der Waals surface area contributed by atoms with Gasteiger partial charge in [-0.3, -0.25) is 0 Å². The highest BCUT2D eigenvalue weighted by atomic mass is 16.2. The lowest BCUT2D eigenvalue weighted by molar-refractivity contribution is 0.259. The van der Waals surface area contributed by atoms with Crippen LogP contribution in [0.2, 0.25) is 0 Å². The second-order valence-electron chi connectivity index (χ2n) is 2.54. The molecular formula is C9H14N2O. The molecule has 0 aliphatic rings. The lowest BCUT2D eigenvalue weighted by atomic mass is 10.1. The second kappa shape index (κ2) is 3.76. The highest BCUT2D eigenvalue weighted by Gasteiger charge is 1.95. The molecule has 0 saturated heterocycles. The molecule has 0 atom stereocenters. The van der Waals surface area contributed by atoms with E-state index in [1.807, 2.05) is 24.3 Å². The number of primary amides is 1. The summed E-state index contributed by atoms with van der Waals surface area (Å²) >= 11 is 0. The van der Waals surface area contributed by atoms with Crippen molar-refractivity contribution in [2.24, 2.45) is 5.73 Å². The van der Waals surface area contributed by atoms with Crippen molar-refractivity contribution in [2.75, 3.05) is 5.32 Å². The van der Waals surface area contributed by atoms with Crippen LogP contribution in [0.3, 0.4) is 0 Å². The van der Waals surface area contributed by atoms with E-state index in [9.17, 15) is 4.79 Å². The summed E-state index contributed by atoms with van der Waals surface area (Å²) in [7, 11) is 0. The van der Waals surface area contributed by atoms with Gasteiger partial charge >= 0.3 is 6.03 Å². The summed E-state index contributed by atoms with van der Waals surface area (Å²) in [4.78, 5) is 10.5. The van der Waals surface area contributed by atoms with Crippen LogP contribution in [0.5, 0.6) is 0 Å². The number of carbonyl (C=O) groups excluding carboxylic acids is 1. The molecule has 66 valence electrons. The van der Waals surface area contributed by atoms with Gasteiger partial charge in [-0.25, -0.2) is 4.79 Å². The minimum Gasteiger partial charge on any atom is -0.351 e. The quantitative estimate of drug-likeness (QED) is 0.693. The van der Waals surface area contributed by atoms with E-state index in [1.54, 1.807) is 0 Å². The Morgan fingerprint density at radius 3 is 3.00 bits per heavy atom. The van der Waals surface area contributed by atoms with Gasteiger partial charge in [-0.2, -0.15) is 0 Å². The molecule has 0 aliphatic heterocycles. The third-order valence-corrected chi connectivity index (χ3v) is 1.60. The van der Waals surface area contributed by atoms with Gasteiger partial charge in [-0.15, -0.1) is 0 Å². The molecule has 3 nitrogen and oxygen atoms in total. The van der Waals surface area contributed by atoms with E-state index >= 15 is 0 Å². The molecule has 0 radical (unpaired) electrons. The topological polar surface area (TPSA) is 55.1 Å². The monoisotopic (exact) mass is 166 g/mol. The number of nitrogens with two attached hydrogens (primary N) is 1. The Kier molecular flexibility index (Phi) is 2.69. The fourth-order valence-electron chi connectivity index (χ4n) is 1.01. The summed E-state index contributed by atoms with van der Waals surface area (Å²) in [6.07, 6.45) is 0.953. The van der Waals surface area contributed by atoms with Crippen LogP contribution >= 0.6 is 0 Å². The molecule has 2 amide bonds. The van der Waals surface area contributed by atoms with Gasteiger partial charge in [-0.1, -0.05) is 19.1 Å². The molecule has 1 aromatic carbocycles. The second-order valence-corrected chi connectivity index (χ2v) is 2.54. The van der Waals surface area contributed by atoms with Gasteiger partial charge in [0.2, 0.25) is 0 Å². The van der Waals surface area contributed by atoms with Crippen LogP contribution in [0.1, 0.15) is 13.9 Å². The van der Waals surface area contributed by atoms with Crippen molar-refractivity contribution in [1.82, 2.24) is 0 Å². The van der Waals surface area contributed by atoms with E-state index in [-0.39, 0.29) is 1.43 Å². The van der Waals surface area contributed by atoms with Crippen LogP contribution in [-0.2, 0) is 6.42 Å². The van der Waals surface area contributed by atoms with Crippen molar-refractivity contribution in [3.8, 4) is 0 Å². The molecule has 0 heterocycles. The highest BCUT2D eigenvalue weighted by Crippen LogP contribution is 2.10. The van der Waals surface area contributed by atoms with E-state index in [2.05, 4.69) is 12.2 Å². The third kappa shape index (κ3) is 2.27. The van der Waals surface area contributed by atoms with Crippen LogP contribution in [0.25, 0.3) is 0 Å². The zero-order valence-electron chi connectivity index (χ0n) is 7.00. The number of amides is 2. The fraction of sp³-hybridized carbons (Fsp3) is 0.222. The van der Waals surface area contributed by atoms with Gasteiger partial charge in [0.25, 0.3) is 0 Å². The minimum atomic E-state index is -0.525. The summed E-state index contributed by atoms with van der Waals surface area (Å²) in [5, 5.41) is 2.52. The van der Waals surface area contributed by atoms with Crippen molar-refractivity contribution in [3.63, 3.8) is 0 Å². The number of hydrogen-bond acceptors (Lipinski definition) is 1. The number of anilines is 1. The molecule has 0 spiro atoms. The Morgan fingerprint density at radius 1 is 1.67 bits per heavy atom. The van der Waals surface area contributed by atoms with Crippen LogP contribution in [-0.4, -0.2) is 6.03 Å². The Bertz CT molecular complexity index is 289. The summed E-state index contributed by atoms with van der Waals surface area (Å²) in [5.74, 6) is 0. The number of benzene rings is 1. The molecule has 0 aromatic heterocycles. The lowest BCUT2D eigenvalue weighted by Crippen LogP contribution is -2.19. The minimum absolute atomic E-state index is 0. The molecule has 3 N–H and O–H groups in total. The average Bonchev–Trinajstić information content (AvgIpc) is 2.03. The smallest absolute Gasteiger partial charge is 0.316 e. The summed E-state index contributed by atoms with van der Waals surface area (Å²) in [5.41, 5.74) is 6.90. The first-order valence-corrected chi connectivity index (χ1v) is 3.87. The van der Waals surface area contributed by atoms with Crippen LogP contribution in [0.15, 0.2) is 24.3 Å². The first-order chi connectivity index (χ1) is 5.72. The van der Waals surface area contributed by atoms with Crippen molar-refractivity contribution in [2.45, 2.75) is 13.3 Å². The molecule has 1 rings (SSSR count).